The van der Waals surface area contributed by atoms with Crippen LogP contribution in [0.5, 0.6) is 0 Å². The number of nitrogens with zero attached hydrogens (tertiary/aromatic N) is 1. The maximum atomic E-state index is 6.18. The van der Waals surface area contributed by atoms with Crippen molar-refractivity contribution in [1.82, 2.24) is 4.90 Å². The highest BCUT2D eigenvalue weighted by Crippen LogP contribution is 2.34. The van der Waals surface area contributed by atoms with Gasteiger partial charge in [-0.1, -0.05) is 0 Å². The highest BCUT2D eigenvalue weighted by molar-refractivity contribution is 4.96. The Bertz CT molecular complexity index is 197. The molecule has 2 atom stereocenters. The van der Waals surface area contributed by atoms with Crippen LogP contribution in [0.25, 0.3) is 0 Å². The van der Waals surface area contributed by atoms with Gasteiger partial charge in [-0.05, 0) is 53.9 Å². The van der Waals surface area contributed by atoms with E-state index in [1.54, 1.807) is 0 Å². The van der Waals surface area contributed by atoms with E-state index in [-0.39, 0.29) is 11.1 Å². The lowest BCUT2D eigenvalue weighted by atomic mass is 9.87. The Morgan fingerprint density at radius 1 is 1.14 bits per heavy atom. The predicted octanol–water partition coefficient (Wildman–Crippen LogP) is 2.23. The molecule has 2 heteroatoms. The van der Waals surface area contributed by atoms with Crippen molar-refractivity contribution in [3.8, 4) is 0 Å². The van der Waals surface area contributed by atoms with Crippen molar-refractivity contribution in [3.63, 3.8) is 0 Å². The van der Waals surface area contributed by atoms with Crippen molar-refractivity contribution in [1.29, 1.82) is 0 Å². The van der Waals surface area contributed by atoms with E-state index in [9.17, 15) is 0 Å². The van der Waals surface area contributed by atoms with E-state index in [0.29, 0.717) is 12.0 Å². The number of nitrogens with two attached hydrogens (primary N) is 1. The summed E-state index contributed by atoms with van der Waals surface area (Å²) in [5, 5.41) is 0. The third kappa shape index (κ3) is 2.48. The van der Waals surface area contributed by atoms with Crippen LogP contribution < -0.4 is 5.73 Å². The fourth-order valence-corrected chi connectivity index (χ4v) is 2.50. The normalized spacial score (nSPS) is 31.1. The van der Waals surface area contributed by atoms with Gasteiger partial charge in [0.05, 0.1) is 0 Å². The number of rotatable bonds is 1. The fourth-order valence-electron chi connectivity index (χ4n) is 2.50. The fraction of sp³-hybridized carbons (Fsp3) is 1.00. The molecule has 2 nitrogen and oxygen atoms in total. The molecule has 84 valence electrons. The molecule has 0 aromatic rings. The van der Waals surface area contributed by atoms with E-state index in [4.69, 9.17) is 5.73 Å². The Balaban J connectivity index is 2.70. The van der Waals surface area contributed by atoms with E-state index in [1.165, 1.54) is 6.42 Å². The quantitative estimate of drug-likeness (QED) is 0.700. The van der Waals surface area contributed by atoms with Crippen LogP contribution in [0.2, 0.25) is 0 Å². The molecule has 0 aliphatic carbocycles. The second kappa shape index (κ2) is 3.49. The summed E-state index contributed by atoms with van der Waals surface area (Å²) in [5.41, 5.74) is 6.43. The molecule has 1 aliphatic heterocycles. The minimum atomic E-state index is -0.0335. The molecule has 14 heavy (non-hydrogen) atoms. The molecule has 0 amide bonds. The predicted molar refractivity (Wildman–Crippen MR) is 62.3 cm³/mol. The topological polar surface area (TPSA) is 29.3 Å². The Labute approximate surface area is 88.8 Å². The van der Waals surface area contributed by atoms with Crippen LogP contribution in [-0.4, -0.2) is 28.6 Å². The molecule has 1 aliphatic rings. The van der Waals surface area contributed by atoms with Crippen LogP contribution >= 0.6 is 0 Å². The second-order valence-electron chi connectivity index (χ2n) is 6.43. The summed E-state index contributed by atoms with van der Waals surface area (Å²) in [6.07, 6.45) is 1.24. The zero-order valence-corrected chi connectivity index (χ0v) is 10.6. The van der Waals surface area contributed by atoms with Gasteiger partial charge in [-0.25, -0.2) is 0 Å². The van der Waals surface area contributed by atoms with Crippen molar-refractivity contribution in [2.75, 3.05) is 6.54 Å². The van der Waals surface area contributed by atoms with Crippen molar-refractivity contribution in [2.24, 2.45) is 11.7 Å². The maximum Gasteiger partial charge on any atom is 0.0138 e. The van der Waals surface area contributed by atoms with Crippen molar-refractivity contribution < 1.29 is 0 Å². The van der Waals surface area contributed by atoms with Crippen molar-refractivity contribution in [3.05, 3.63) is 0 Å². The summed E-state index contributed by atoms with van der Waals surface area (Å²) in [6.45, 7) is 14.6. The third-order valence-corrected chi connectivity index (χ3v) is 3.49. The van der Waals surface area contributed by atoms with Gasteiger partial charge in [0, 0.05) is 23.7 Å². The standard InChI is InChI=1S/C12H26N2/c1-9-7-10(12(5,6)13)8-14(9)11(2,3)4/h9-10H,7-8,13H2,1-6H3/t9-,10+/m1/s1. The molecule has 0 aromatic carbocycles. The van der Waals surface area contributed by atoms with Crippen LogP contribution in [0, 0.1) is 5.92 Å². The minimum Gasteiger partial charge on any atom is -0.325 e. The minimum absolute atomic E-state index is 0.0335. The highest BCUT2D eigenvalue weighted by Gasteiger charge is 2.40. The van der Waals surface area contributed by atoms with Crippen LogP contribution in [0.3, 0.4) is 0 Å². The lowest BCUT2D eigenvalue weighted by Gasteiger charge is -2.36. The van der Waals surface area contributed by atoms with E-state index >= 15 is 0 Å². The Morgan fingerprint density at radius 3 is 1.86 bits per heavy atom. The van der Waals surface area contributed by atoms with Crippen LogP contribution in [-0.2, 0) is 0 Å². The third-order valence-electron chi connectivity index (χ3n) is 3.49. The molecule has 1 fully saturated rings. The average Bonchev–Trinajstić information content (AvgIpc) is 2.27. The molecular formula is C12H26N2. The van der Waals surface area contributed by atoms with Crippen molar-refractivity contribution >= 4 is 0 Å². The van der Waals surface area contributed by atoms with Gasteiger partial charge in [-0.2, -0.15) is 0 Å². The first-order chi connectivity index (χ1) is 6.12. The molecule has 1 heterocycles. The van der Waals surface area contributed by atoms with Gasteiger partial charge in [0.25, 0.3) is 0 Å². The Morgan fingerprint density at radius 2 is 1.64 bits per heavy atom. The number of likely N-dealkylation sites (tertiary alicyclic amines) is 1. The molecule has 1 rings (SSSR count). The van der Waals surface area contributed by atoms with Gasteiger partial charge >= 0.3 is 0 Å². The van der Waals surface area contributed by atoms with Crippen LogP contribution in [0.4, 0.5) is 0 Å². The van der Waals surface area contributed by atoms with Gasteiger partial charge < -0.3 is 5.73 Å². The summed E-state index contributed by atoms with van der Waals surface area (Å²) in [4.78, 5) is 2.58. The lowest BCUT2D eigenvalue weighted by Crippen LogP contribution is -2.46. The average molecular weight is 198 g/mol. The first-order valence-electron chi connectivity index (χ1n) is 5.68. The summed E-state index contributed by atoms with van der Waals surface area (Å²) < 4.78 is 0. The SMILES string of the molecule is C[C@@H]1C[C@H](C(C)(C)N)CN1C(C)(C)C. The monoisotopic (exact) mass is 198 g/mol. The van der Waals surface area contributed by atoms with E-state index in [2.05, 4.69) is 46.4 Å². The Hall–Kier alpha value is -0.0800. The molecule has 0 spiro atoms. The van der Waals surface area contributed by atoms with E-state index in [1.807, 2.05) is 0 Å². The van der Waals surface area contributed by atoms with E-state index < -0.39 is 0 Å². The van der Waals surface area contributed by atoms with Crippen LogP contribution in [0.15, 0.2) is 0 Å². The van der Waals surface area contributed by atoms with Crippen LogP contribution in [0.1, 0.15) is 48.0 Å². The number of hydrogen-bond donors (Lipinski definition) is 1. The van der Waals surface area contributed by atoms with Gasteiger partial charge in [-0.3, -0.25) is 4.90 Å². The second-order valence-corrected chi connectivity index (χ2v) is 6.43. The molecule has 0 unspecified atom stereocenters. The first kappa shape index (κ1) is 12.0. The maximum absolute atomic E-state index is 6.18. The highest BCUT2D eigenvalue weighted by atomic mass is 15.2. The zero-order valence-electron chi connectivity index (χ0n) is 10.6. The van der Waals surface area contributed by atoms with Gasteiger partial charge in [0.1, 0.15) is 0 Å². The smallest absolute Gasteiger partial charge is 0.0138 e. The summed E-state index contributed by atoms with van der Waals surface area (Å²) in [6, 6.07) is 0.669. The zero-order chi connectivity index (χ0) is 11.1. The first-order valence-corrected chi connectivity index (χ1v) is 5.68. The molecule has 0 radical (unpaired) electrons. The molecule has 2 N–H and O–H groups in total. The molecular weight excluding hydrogens is 172 g/mol. The molecule has 1 saturated heterocycles. The van der Waals surface area contributed by atoms with E-state index in [0.717, 1.165) is 6.54 Å². The Kier molecular flexibility index (Phi) is 2.99. The molecule has 0 bridgehead atoms. The lowest BCUT2D eigenvalue weighted by molar-refractivity contribution is 0.123. The summed E-state index contributed by atoms with van der Waals surface area (Å²) >= 11 is 0. The van der Waals surface area contributed by atoms with Gasteiger partial charge in [-0.15, -0.1) is 0 Å². The summed E-state index contributed by atoms with van der Waals surface area (Å²) in [5.74, 6) is 0.636. The largest absolute Gasteiger partial charge is 0.325 e. The van der Waals surface area contributed by atoms with Gasteiger partial charge in [0.15, 0.2) is 0 Å². The molecule has 0 aromatic heterocycles. The molecule has 0 saturated carbocycles. The van der Waals surface area contributed by atoms with Gasteiger partial charge in [0.2, 0.25) is 0 Å². The summed E-state index contributed by atoms with van der Waals surface area (Å²) in [7, 11) is 0. The number of hydrogen-bond acceptors (Lipinski definition) is 2. The van der Waals surface area contributed by atoms with Crippen molar-refractivity contribution in [2.45, 2.75) is 65.1 Å².